The maximum absolute atomic E-state index is 12.2. The zero-order valence-corrected chi connectivity index (χ0v) is 16.3. The van der Waals surface area contributed by atoms with E-state index in [0.717, 1.165) is 25.2 Å². The fourth-order valence-corrected chi connectivity index (χ4v) is 3.89. The third-order valence-corrected chi connectivity index (χ3v) is 5.44. The molecule has 6 nitrogen and oxygen atoms in total. The molecule has 0 aliphatic carbocycles. The highest BCUT2D eigenvalue weighted by Gasteiger charge is 2.22. The van der Waals surface area contributed by atoms with Crippen molar-refractivity contribution in [3.05, 3.63) is 34.8 Å². The average molecular weight is 373 g/mol. The number of unbranched alkanes of at least 4 members (excludes halogenated alkanes) is 1. The van der Waals surface area contributed by atoms with E-state index in [0.29, 0.717) is 31.0 Å². The first-order valence-electron chi connectivity index (χ1n) is 10.3. The second-order valence-electron chi connectivity index (χ2n) is 7.43. The summed E-state index contributed by atoms with van der Waals surface area (Å²) in [5.41, 5.74) is 1.38. The number of carbonyl (C=O) groups excluding carboxylic acids is 1. The van der Waals surface area contributed by atoms with Crippen LogP contribution >= 0.6 is 0 Å². The maximum Gasteiger partial charge on any atom is 0.419 e. The van der Waals surface area contributed by atoms with E-state index in [9.17, 15) is 9.59 Å². The normalized spacial score (nSPS) is 18.0. The van der Waals surface area contributed by atoms with Gasteiger partial charge in [-0.2, -0.15) is 0 Å². The molecule has 1 aromatic carbocycles. The van der Waals surface area contributed by atoms with Crippen LogP contribution in [0, 0.1) is 0 Å². The number of hydrogen-bond donors (Lipinski definition) is 1. The number of benzene rings is 1. The summed E-state index contributed by atoms with van der Waals surface area (Å²) in [4.78, 5) is 26.7. The fourth-order valence-electron chi connectivity index (χ4n) is 3.89. The number of amides is 1. The summed E-state index contributed by atoms with van der Waals surface area (Å²) in [5.74, 6) is -0.290. The van der Waals surface area contributed by atoms with Gasteiger partial charge in [0, 0.05) is 25.6 Å². The van der Waals surface area contributed by atoms with Gasteiger partial charge in [-0.05, 0) is 50.9 Å². The summed E-state index contributed by atoms with van der Waals surface area (Å²) >= 11 is 0. The van der Waals surface area contributed by atoms with Gasteiger partial charge in [-0.1, -0.05) is 31.9 Å². The smallest absolute Gasteiger partial charge is 0.408 e. The molecule has 6 heteroatoms. The first-order chi connectivity index (χ1) is 13.2. The Morgan fingerprint density at radius 3 is 2.93 bits per heavy atom. The van der Waals surface area contributed by atoms with E-state index >= 15 is 0 Å². The van der Waals surface area contributed by atoms with Gasteiger partial charge in [0.05, 0.1) is 5.52 Å². The van der Waals surface area contributed by atoms with Crippen molar-refractivity contribution in [1.29, 1.82) is 0 Å². The molecule has 1 saturated heterocycles. The Balaban J connectivity index is 1.44. The maximum atomic E-state index is 12.2. The number of aromatic nitrogens is 1. The lowest BCUT2D eigenvalue weighted by Gasteiger charge is -2.35. The third kappa shape index (κ3) is 5.22. The van der Waals surface area contributed by atoms with Gasteiger partial charge in [-0.3, -0.25) is 14.3 Å². The Hall–Kier alpha value is -2.08. The lowest BCUT2D eigenvalue weighted by molar-refractivity contribution is -0.121. The van der Waals surface area contributed by atoms with E-state index in [1.54, 1.807) is 10.6 Å². The molecule has 1 aliphatic heterocycles. The Morgan fingerprint density at radius 1 is 1.22 bits per heavy atom. The van der Waals surface area contributed by atoms with Crippen LogP contribution in [0.2, 0.25) is 0 Å². The molecule has 148 valence electrons. The van der Waals surface area contributed by atoms with Gasteiger partial charge in [-0.15, -0.1) is 0 Å². The summed E-state index contributed by atoms with van der Waals surface area (Å²) in [6.45, 7) is 5.73. The molecule has 1 fully saturated rings. The Morgan fingerprint density at radius 2 is 2.07 bits per heavy atom. The number of likely N-dealkylation sites (tertiary alicyclic amines) is 1. The van der Waals surface area contributed by atoms with Crippen LogP contribution in [0.5, 0.6) is 0 Å². The molecule has 3 rings (SSSR count). The molecule has 1 N–H and O–H groups in total. The minimum absolute atomic E-state index is 0.0665. The molecule has 2 heterocycles. The third-order valence-electron chi connectivity index (χ3n) is 5.44. The molecular formula is C21H31N3O3. The lowest BCUT2D eigenvalue weighted by Crippen LogP contribution is -2.47. The van der Waals surface area contributed by atoms with Gasteiger partial charge in [0.25, 0.3) is 0 Å². The highest BCUT2D eigenvalue weighted by Crippen LogP contribution is 2.17. The van der Waals surface area contributed by atoms with Gasteiger partial charge in [0.1, 0.15) is 0 Å². The number of oxazole rings is 1. The van der Waals surface area contributed by atoms with E-state index in [1.165, 1.54) is 32.1 Å². The van der Waals surface area contributed by atoms with Crippen LogP contribution in [0.15, 0.2) is 33.5 Å². The number of nitrogens with one attached hydrogen (secondary N) is 1. The van der Waals surface area contributed by atoms with Gasteiger partial charge < -0.3 is 9.73 Å². The first kappa shape index (κ1) is 19.7. The minimum atomic E-state index is -0.356. The van der Waals surface area contributed by atoms with Gasteiger partial charge >= 0.3 is 5.76 Å². The molecule has 2 aromatic rings. The van der Waals surface area contributed by atoms with E-state index in [1.807, 2.05) is 18.2 Å². The van der Waals surface area contributed by atoms with E-state index in [-0.39, 0.29) is 11.7 Å². The van der Waals surface area contributed by atoms with Crippen LogP contribution in [0.25, 0.3) is 11.1 Å². The lowest BCUT2D eigenvalue weighted by atomic mass is 10.0. The Labute approximate surface area is 160 Å². The van der Waals surface area contributed by atoms with Gasteiger partial charge in [-0.25, -0.2) is 4.79 Å². The molecule has 1 aromatic heterocycles. The predicted octanol–water partition coefficient (Wildman–Crippen LogP) is 3.15. The molecule has 1 unspecified atom stereocenters. The number of rotatable bonds is 9. The topological polar surface area (TPSA) is 67.5 Å². The van der Waals surface area contributed by atoms with Crippen molar-refractivity contribution in [3.8, 4) is 0 Å². The highest BCUT2D eigenvalue weighted by molar-refractivity contribution is 5.76. The molecule has 1 aliphatic rings. The fraction of sp³-hybridized carbons (Fsp3) is 0.619. The average Bonchev–Trinajstić information content (AvgIpc) is 3.00. The van der Waals surface area contributed by atoms with Crippen molar-refractivity contribution in [1.82, 2.24) is 14.8 Å². The van der Waals surface area contributed by atoms with Gasteiger partial charge in [0.15, 0.2) is 5.58 Å². The van der Waals surface area contributed by atoms with Gasteiger partial charge in [0.2, 0.25) is 5.91 Å². The summed E-state index contributed by atoms with van der Waals surface area (Å²) in [6.07, 6.45) is 7.16. The Kier molecular flexibility index (Phi) is 7.10. The van der Waals surface area contributed by atoms with Crippen molar-refractivity contribution in [2.24, 2.45) is 0 Å². The number of para-hydroxylation sites is 2. The number of piperidine rings is 1. The SMILES string of the molecule is CCCCN1CCCCC1CNC(=O)CCCn1c(=O)oc2ccccc21. The molecule has 27 heavy (non-hydrogen) atoms. The van der Waals surface area contributed by atoms with E-state index in [2.05, 4.69) is 17.1 Å². The first-order valence-corrected chi connectivity index (χ1v) is 10.3. The molecule has 0 radical (unpaired) electrons. The van der Waals surface area contributed by atoms with Crippen LogP contribution in [-0.4, -0.2) is 41.1 Å². The summed E-state index contributed by atoms with van der Waals surface area (Å²) in [6, 6.07) is 7.85. The number of fused-ring (bicyclic) bond motifs is 1. The van der Waals surface area contributed by atoms with Crippen molar-refractivity contribution < 1.29 is 9.21 Å². The van der Waals surface area contributed by atoms with E-state index in [4.69, 9.17) is 4.42 Å². The van der Waals surface area contributed by atoms with Crippen molar-refractivity contribution >= 4 is 17.0 Å². The number of nitrogens with zero attached hydrogens (tertiary/aromatic N) is 2. The number of hydrogen-bond acceptors (Lipinski definition) is 4. The molecule has 0 saturated carbocycles. The molecule has 0 bridgehead atoms. The highest BCUT2D eigenvalue weighted by atomic mass is 16.4. The second-order valence-corrected chi connectivity index (χ2v) is 7.43. The summed E-state index contributed by atoms with van der Waals surface area (Å²) in [7, 11) is 0. The van der Waals surface area contributed by atoms with Crippen molar-refractivity contribution in [3.63, 3.8) is 0 Å². The summed E-state index contributed by atoms with van der Waals surface area (Å²) < 4.78 is 6.84. The van der Waals surface area contributed by atoms with Crippen LogP contribution in [0.1, 0.15) is 51.9 Å². The van der Waals surface area contributed by atoms with Crippen LogP contribution in [0.4, 0.5) is 0 Å². The van der Waals surface area contributed by atoms with E-state index < -0.39 is 0 Å². The molecule has 1 atom stereocenters. The monoisotopic (exact) mass is 373 g/mol. The standard InChI is InChI=1S/C21H31N3O3/c1-2-3-13-23-14-7-6-9-17(23)16-22-20(25)12-8-15-24-18-10-4-5-11-19(18)27-21(24)26/h4-5,10-11,17H,2-3,6-9,12-16H2,1H3,(H,22,25). The van der Waals surface area contributed by atoms with Crippen LogP contribution < -0.4 is 11.1 Å². The number of aryl methyl sites for hydroxylation is 1. The minimum Gasteiger partial charge on any atom is -0.408 e. The second kappa shape index (κ2) is 9.74. The molecule has 0 spiro atoms. The predicted molar refractivity (Wildman–Crippen MR) is 107 cm³/mol. The quantitative estimate of drug-likeness (QED) is 0.733. The van der Waals surface area contributed by atoms with Crippen molar-refractivity contribution in [2.75, 3.05) is 19.6 Å². The summed E-state index contributed by atoms with van der Waals surface area (Å²) in [5, 5.41) is 3.10. The largest absolute Gasteiger partial charge is 0.419 e. The number of carbonyl (C=O) groups is 1. The molecule has 1 amide bonds. The Bertz CT molecular complexity index is 795. The zero-order valence-electron chi connectivity index (χ0n) is 16.3. The zero-order chi connectivity index (χ0) is 19.1. The van der Waals surface area contributed by atoms with Crippen LogP contribution in [0.3, 0.4) is 0 Å². The van der Waals surface area contributed by atoms with Crippen molar-refractivity contribution in [2.45, 2.75) is 64.5 Å². The van der Waals surface area contributed by atoms with Crippen LogP contribution in [-0.2, 0) is 11.3 Å². The molecular weight excluding hydrogens is 342 g/mol.